The predicted molar refractivity (Wildman–Crippen MR) is 87.2 cm³/mol. The predicted octanol–water partition coefficient (Wildman–Crippen LogP) is 2.85. The molecule has 2 unspecified atom stereocenters. The first kappa shape index (κ1) is 17.1. The van der Waals surface area contributed by atoms with Crippen molar-refractivity contribution in [2.45, 2.75) is 38.8 Å². The summed E-state index contributed by atoms with van der Waals surface area (Å²) in [5.74, 6) is 1.02. The summed E-state index contributed by atoms with van der Waals surface area (Å²) in [7, 11) is 0. The highest BCUT2D eigenvalue weighted by Crippen LogP contribution is 2.19. The summed E-state index contributed by atoms with van der Waals surface area (Å²) < 4.78 is 10.7. The molecule has 0 spiro atoms. The lowest BCUT2D eigenvalue weighted by Gasteiger charge is -2.17. The first-order valence-electron chi connectivity index (χ1n) is 7.81. The monoisotopic (exact) mass is 317 g/mol. The van der Waals surface area contributed by atoms with Crippen molar-refractivity contribution < 1.29 is 19.1 Å². The van der Waals surface area contributed by atoms with Crippen molar-refractivity contribution >= 4 is 5.91 Å². The van der Waals surface area contributed by atoms with E-state index >= 15 is 0 Å². The number of ether oxygens (including phenoxy) is 1. The van der Waals surface area contributed by atoms with E-state index in [0.29, 0.717) is 12.2 Å². The molecule has 0 aliphatic carbocycles. The Balaban J connectivity index is 1.78. The fourth-order valence-corrected chi connectivity index (χ4v) is 2.39. The molecule has 1 amide bonds. The van der Waals surface area contributed by atoms with Gasteiger partial charge >= 0.3 is 0 Å². The second-order valence-electron chi connectivity index (χ2n) is 5.49. The van der Waals surface area contributed by atoms with E-state index in [1.54, 1.807) is 12.1 Å². The van der Waals surface area contributed by atoms with E-state index in [1.165, 1.54) is 6.26 Å². The summed E-state index contributed by atoms with van der Waals surface area (Å²) in [5, 5.41) is 12.8. The number of aliphatic hydroxyl groups is 1. The number of carbonyl (C=O) groups excluding carboxylic acids is 1. The molecule has 0 aliphatic rings. The van der Waals surface area contributed by atoms with Gasteiger partial charge in [0.05, 0.1) is 6.26 Å². The van der Waals surface area contributed by atoms with E-state index in [9.17, 15) is 9.90 Å². The zero-order valence-corrected chi connectivity index (χ0v) is 13.5. The van der Waals surface area contributed by atoms with E-state index in [-0.39, 0.29) is 18.6 Å². The molecule has 2 aromatic rings. The molecule has 0 bridgehead atoms. The van der Waals surface area contributed by atoms with Crippen molar-refractivity contribution in [1.82, 2.24) is 5.32 Å². The average molecular weight is 317 g/mol. The summed E-state index contributed by atoms with van der Waals surface area (Å²) in [4.78, 5) is 12.0. The topological polar surface area (TPSA) is 71.7 Å². The Kier molecular flexibility index (Phi) is 6.23. The van der Waals surface area contributed by atoms with E-state index in [2.05, 4.69) is 5.32 Å². The number of carbonyl (C=O) groups is 1. The van der Waals surface area contributed by atoms with Crippen LogP contribution >= 0.6 is 0 Å². The summed E-state index contributed by atoms with van der Waals surface area (Å²) in [5.41, 5.74) is 1.07. The molecule has 124 valence electrons. The molecule has 0 aliphatic heterocycles. The van der Waals surface area contributed by atoms with Crippen molar-refractivity contribution in [1.29, 1.82) is 0 Å². The minimum Gasteiger partial charge on any atom is -0.483 e. The maximum absolute atomic E-state index is 12.0. The van der Waals surface area contributed by atoms with Gasteiger partial charge in [0, 0.05) is 12.5 Å². The number of hydrogen-bond donors (Lipinski definition) is 2. The number of amides is 1. The molecule has 2 rings (SSSR count). The van der Waals surface area contributed by atoms with Crippen LogP contribution in [0.2, 0.25) is 0 Å². The quantitative estimate of drug-likeness (QED) is 0.785. The van der Waals surface area contributed by atoms with E-state index in [4.69, 9.17) is 9.15 Å². The van der Waals surface area contributed by atoms with Crippen LogP contribution in [0.5, 0.6) is 5.75 Å². The van der Waals surface area contributed by atoms with Crippen LogP contribution in [0.1, 0.15) is 37.7 Å². The standard InChI is InChI=1S/C18H23NO4/c1-3-14-7-4-5-8-16(14)23-12-18(21)19-13(2)11-15(20)17-9-6-10-22-17/h4-10,13,15,20H,3,11-12H2,1-2H3,(H,19,21). The number of para-hydroxylation sites is 1. The van der Waals surface area contributed by atoms with Crippen LogP contribution < -0.4 is 10.1 Å². The van der Waals surface area contributed by atoms with Gasteiger partial charge in [0.15, 0.2) is 6.61 Å². The van der Waals surface area contributed by atoms with Crippen molar-refractivity contribution in [3.8, 4) is 5.75 Å². The van der Waals surface area contributed by atoms with Gasteiger partial charge in [-0.1, -0.05) is 25.1 Å². The number of aliphatic hydroxyl groups excluding tert-OH is 1. The zero-order chi connectivity index (χ0) is 16.7. The number of aryl methyl sites for hydroxylation is 1. The van der Waals surface area contributed by atoms with Gasteiger partial charge < -0.3 is 19.6 Å². The van der Waals surface area contributed by atoms with Gasteiger partial charge in [0.2, 0.25) is 0 Å². The lowest BCUT2D eigenvalue weighted by atomic mass is 10.1. The minimum absolute atomic E-state index is 0.0435. The molecule has 5 heteroatoms. The smallest absolute Gasteiger partial charge is 0.258 e. The number of rotatable bonds is 8. The largest absolute Gasteiger partial charge is 0.483 e. The molecule has 23 heavy (non-hydrogen) atoms. The third kappa shape index (κ3) is 5.14. The summed E-state index contributed by atoms with van der Waals surface area (Å²) in [6, 6.07) is 10.9. The average Bonchev–Trinajstić information content (AvgIpc) is 3.07. The van der Waals surface area contributed by atoms with Crippen LogP contribution in [0, 0.1) is 0 Å². The van der Waals surface area contributed by atoms with E-state index < -0.39 is 6.10 Å². The minimum atomic E-state index is -0.734. The molecule has 0 saturated heterocycles. The molecule has 1 aromatic heterocycles. The second kappa shape index (κ2) is 8.39. The van der Waals surface area contributed by atoms with Crippen LogP contribution in [-0.2, 0) is 11.2 Å². The molecule has 1 aromatic carbocycles. The van der Waals surface area contributed by atoms with Crippen molar-refractivity contribution in [3.63, 3.8) is 0 Å². The van der Waals surface area contributed by atoms with E-state index in [1.807, 2.05) is 38.1 Å². The first-order chi connectivity index (χ1) is 11.1. The molecular formula is C18H23NO4. The van der Waals surface area contributed by atoms with Gasteiger partial charge in [-0.3, -0.25) is 4.79 Å². The molecule has 2 atom stereocenters. The molecule has 0 radical (unpaired) electrons. The molecule has 1 heterocycles. The van der Waals surface area contributed by atoms with Crippen molar-refractivity contribution in [2.75, 3.05) is 6.61 Å². The molecular weight excluding hydrogens is 294 g/mol. The molecule has 0 saturated carbocycles. The van der Waals surface area contributed by atoms with Gasteiger partial charge in [-0.05, 0) is 37.1 Å². The third-order valence-electron chi connectivity index (χ3n) is 3.57. The highest BCUT2D eigenvalue weighted by molar-refractivity contribution is 5.77. The lowest BCUT2D eigenvalue weighted by molar-refractivity contribution is -0.123. The lowest BCUT2D eigenvalue weighted by Crippen LogP contribution is -2.37. The molecule has 5 nitrogen and oxygen atoms in total. The van der Waals surface area contributed by atoms with Gasteiger partial charge in [0.25, 0.3) is 5.91 Å². The SMILES string of the molecule is CCc1ccccc1OCC(=O)NC(C)CC(O)c1ccco1. The summed E-state index contributed by atoms with van der Waals surface area (Å²) in [6.45, 7) is 3.84. The van der Waals surface area contributed by atoms with Gasteiger partial charge in [-0.2, -0.15) is 0 Å². The first-order valence-corrected chi connectivity index (χ1v) is 7.81. The summed E-state index contributed by atoms with van der Waals surface area (Å²) in [6.07, 6.45) is 2.01. The molecule has 0 fully saturated rings. The Bertz CT molecular complexity index is 609. The second-order valence-corrected chi connectivity index (χ2v) is 5.49. The Labute approximate surface area is 136 Å². The molecule has 2 N–H and O–H groups in total. The highest BCUT2D eigenvalue weighted by atomic mass is 16.5. The van der Waals surface area contributed by atoms with Crippen LogP contribution in [0.15, 0.2) is 47.1 Å². The van der Waals surface area contributed by atoms with Crippen LogP contribution in [-0.4, -0.2) is 23.7 Å². The number of benzene rings is 1. The Morgan fingerprint density at radius 1 is 1.30 bits per heavy atom. The Hall–Kier alpha value is -2.27. The van der Waals surface area contributed by atoms with E-state index in [0.717, 1.165) is 17.7 Å². The third-order valence-corrected chi connectivity index (χ3v) is 3.57. The normalized spacial score (nSPS) is 13.3. The fourth-order valence-electron chi connectivity index (χ4n) is 2.39. The van der Waals surface area contributed by atoms with Gasteiger partial charge in [-0.25, -0.2) is 0 Å². The maximum atomic E-state index is 12.0. The van der Waals surface area contributed by atoms with Crippen LogP contribution in [0.3, 0.4) is 0 Å². The van der Waals surface area contributed by atoms with Crippen LogP contribution in [0.4, 0.5) is 0 Å². The Morgan fingerprint density at radius 3 is 2.78 bits per heavy atom. The van der Waals surface area contributed by atoms with Crippen LogP contribution in [0.25, 0.3) is 0 Å². The Morgan fingerprint density at radius 2 is 2.09 bits per heavy atom. The highest BCUT2D eigenvalue weighted by Gasteiger charge is 2.16. The van der Waals surface area contributed by atoms with Crippen molar-refractivity contribution in [2.24, 2.45) is 0 Å². The van der Waals surface area contributed by atoms with Gasteiger partial charge in [0.1, 0.15) is 17.6 Å². The fraction of sp³-hybridized carbons (Fsp3) is 0.389. The number of hydrogen-bond acceptors (Lipinski definition) is 4. The van der Waals surface area contributed by atoms with Crippen molar-refractivity contribution in [3.05, 3.63) is 54.0 Å². The zero-order valence-electron chi connectivity index (χ0n) is 13.5. The number of nitrogens with one attached hydrogen (secondary N) is 1. The number of furan rings is 1. The maximum Gasteiger partial charge on any atom is 0.258 e. The van der Waals surface area contributed by atoms with Gasteiger partial charge in [-0.15, -0.1) is 0 Å². The summed E-state index contributed by atoms with van der Waals surface area (Å²) >= 11 is 0.